The lowest BCUT2D eigenvalue weighted by Gasteiger charge is -2.42. The van der Waals surface area contributed by atoms with Gasteiger partial charge in [-0.05, 0) is 88.1 Å². The molecule has 2 N–H and O–H groups in total. The standard InChI is InChI=1S/C42H64N6O5Si/c1-30(2)37(39(50)47-23-21-34(22-24-47)48-28-43-44-29-48)46-38(49)33(25-31-17-13-11-14-18-31)27-36(53-54(9,10)42(6,7)8)35(26-32-19-15-12-16-20-32)45-40(51)52-41(3,4)5/h11-20,28-30,33-37H,21-27H2,1-10H3,(H,45,51)(H,46,49). The van der Waals surface area contributed by atoms with Crippen molar-refractivity contribution in [2.24, 2.45) is 11.8 Å². The van der Waals surface area contributed by atoms with Crippen LogP contribution in [0.4, 0.5) is 4.79 Å². The van der Waals surface area contributed by atoms with Crippen LogP contribution in [0.5, 0.6) is 0 Å². The van der Waals surface area contributed by atoms with Crippen molar-refractivity contribution in [1.29, 1.82) is 0 Å². The van der Waals surface area contributed by atoms with Gasteiger partial charge in [-0.3, -0.25) is 9.59 Å². The molecule has 12 heteroatoms. The SMILES string of the molecule is CC(C)C(NC(=O)C(Cc1ccccc1)CC(O[Si](C)(C)C(C)(C)C)C(Cc1ccccc1)NC(=O)OC(C)(C)C)C(=O)N1CCC(n2cnnc2)CC1. The van der Waals surface area contributed by atoms with Gasteiger partial charge in [0.2, 0.25) is 11.8 Å². The Bertz CT molecular complexity index is 1610. The zero-order valence-corrected chi connectivity index (χ0v) is 35.2. The van der Waals surface area contributed by atoms with Crippen LogP contribution in [0.2, 0.25) is 18.1 Å². The molecule has 296 valence electrons. The van der Waals surface area contributed by atoms with E-state index >= 15 is 0 Å². The number of aromatic nitrogens is 3. The third-order valence-corrected chi connectivity index (χ3v) is 15.3. The zero-order chi connectivity index (χ0) is 39.7. The van der Waals surface area contributed by atoms with Gasteiger partial charge in [0.05, 0.1) is 12.1 Å². The van der Waals surface area contributed by atoms with E-state index in [4.69, 9.17) is 9.16 Å². The van der Waals surface area contributed by atoms with Crippen LogP contribution >= 0.6 is 0 Å². The minimum absolute atomic E-state index is 0.0679. The first-order valence-electron chi connectivity index (χ1n) is 19.5. The Hall–Kier alpha value is -4.03. The Morgan fingerprint density at radius 1 is 0.833 bits per heavy atom. The summed E-state index contributed by atoms with van der Waals surface area (Å²) in [5, 5.41) is 14.1. The first kappa shape index (κ1) is 42.7. The fourth-order valence-electron chi connectivity index (χ4n) is 6.68. The number of hydrogen-bond acceptors (Lipinski definition) is 7. The van der Waals surface area contributed by atoms with Crippen LogP contribution in [0.15, 0.2) is 73.3 Å². The number of carbonyl (C=O) groups is 3. The Morgan fingerprint density at radius 2 is 1.37 bits per heavy atom. The molecule has 0 aliphatic carbocycles. The Labute approximate surface area is 324 Å². The molecule has 1 aliphatic heterocycles. The summed E-state index contributed by atoms with van der Waals surface area (Å²) in [5.74, 6) is -0.964. The van der Waals surface area contributed by atoms with Gasteiger partial charge in [-0.15, -0.1) is 10.2 Å². The van der Waals surface area contributed by atoms with Crippen LogP contribution in [-0.4, -0.2) is 82.8 Å². The summed E-state index contributed by atoms with van der Waals surface area (Å²) in [6, 6.07) is 19.0. The number of nitrogens with zero attached hydrogens (tertiary/aromatic N) is 4. The van der Waals surface area contributed by atoms with Crippen LogP contribution < -0.4 is 10.6 Å². The molecule has 0 bridgehead atoms. The number of amides is 3. The highest BCUT2D eigenvalue weighted by atomic mass is 28.4. The lowest BCUT2D eigenvalue weighted by molar-refractivity contribution is -0.140. The minimum atomic E-state index is -2.45. The molecule has 3 amide bonds. The lowest BCUT2D eigenvalue weighted by Crippen LogP contribution is -2.56. The molecule has 1 fully saturated rings. The molecule has 0 saturated carbocycles. The van der Waals surface area contributed by atoms with Crippen molar-refractivity contribution in [2.45, 2.75) is 135 Å². The number of alkyl carbamates (subject to hydrolysis) is 1. The second kappa shape index (κ2) is 18.5. The molecule has 2 heterocycles. The van der Waals surface area contributed by atoms with Crippen molar-refractivity contribution in [3.8, 4) is 0 Å². The van der Waals surface area contributed by atoms with Gasteiger partial charge in [-0.25, -0.2) is 4.79 Å². The van der Waals surface area contributed by atoms with E-state index in [9.17, 15) is 14.4 Å². The first-order chi connectivity index (χ1) is 25.3. The summed E-state index contributed by atoms with van der Waals surface area (Å²) < 4.78 is 15.0. The van der Waals surface area contributed by atoms with Crippen molar-refractivity contribution in [3.05, 3.63) is 84.4 Å². The smallest absolute Gasteiger partial charge is 0.407 e. The summed E-state index contributed by atoms with van der Waals surface area (Å²) in [5.41, 5.74) is 1.34. The van der Waals surface area contributed by atoms with Gasteiger partial charge in [-0.2, -0.15) is 0 Å². The summed E-state index contributed by atoms with van der Waals surface area (Å²) in [6.07, 6.45) is 5.21. The highest BCUT2D eigenvalue weighted by Crippen LogP contribution is 2.39. The molecule has 1 saturated heterocycles. The van der Waals surface area contributed by atoms with Gasteiger partial charge >= 0.3 is 6.09 Å². The lowest BCUT2D eigenvalue weighted by atomic mass is 9.88. The third-order valence-electron chi connectivity index (χ3n) is 10.8. The van der Waals surface area contributed by atoms with Crippen LogP contribution in [0.3, 0.4) is 0 Å². The second-order valence-corrected chi connectivity index (χ2v) is 22.4. The largest absolute Gasteiger partial charge is 0.444 e. The number of ether oxygens (including phenoxy) is 1. The Balaban J connectivity index is 1.66. The molecule has 3 aromatic rings. The Kier molecular flexibility index (Phi) is 14.7. The van der Waals surface area contributed by atoms with Crippen LogP contribution in [0.1, 0.15) is 91.8 Å². The fraction of sp³-hybridized carbons (Fsp3) is 0.595. The molecule has 4 rings (SSSR count). The molecule has 1 aliphatic rings. The molecule has 54 heavy (non-hydrogen) atoms. The van der Waals surface area contributed by atoms with Crippen molar-refractivity contribution in [3.63, 3.8) is 0 Å². The van der Waals surface area contributed by atoms with Gasteiger partial charge in [-0.1, -0.05) is 95.3 Å². The maximum atomic E-state index is 14.7. The topological polar surface area (TPSA) is 128 Å². The average Bonchev–Trinajstić information content (AvgIpc) is 3.64. The normalized spacial score (nSPS) is 16.7. The second-order valence-electron chi connectivity index (χ2n) is 17.7. The quantitative estimate of drug-likeness (QED) is 0.155. The summed E-state index contributed by atoms with van der Waals surface area (Å²) in [7, 11) is -2.45. The minimum Gasteiger partial charge on any atom is -0.444 e. The molecule has 11 nitrogen and oxygen atoms in total. The number of rotatable bonds is 15. The molecule has 4 unspecified atom stereocenters. The number of nitrogens with one attached hydrogen (secondary N) is 2. The maximum Gasteiger partial charge on any atom is 0.407 e. The van der Waals surface area contributed by atoms with Crippen LogP contribution in [-0.2, 0) is 31.6 Å². The van der Waals surface area contributed by atoms with Crippen molar-refractivity contribution >= 4 is 26.2 Å². The average molecular weight is 761 g/mol. The molecule has 0 spiro atoms. The van der Waals surface area contributed by atoms with Crippen LogP contribution in [0.25, 0.3) is 0 Å². The molecule has 1 aromatic heterocycles. The number of carbonyl (C=O) groups excluding carboxylic acids is 3. The van der Waals surface area contributed by atoms with E-state index in [-0.39, 0.29) is 28.8 Å². The van der Waals surface area contributed by atoms with Gasteiger partial charge in [0.1, 0.15) is 24.3 Å². The van der Waals surface area contributed by atoms with E-state index in [1.165, 1.54) is 0 Å². The predicted octanol–water partition coefficient (Wildman–Crippen LogP) is 7.36. The van der Waals surface area contributed by atoms with E-state index in [1.807, 2.05) is 105 Å². The molecule has 2 aromatic carbocycles. The van der Waals surface area contributed by atoms with Crippen molar-refractivity contribution < 1.29 is 23.5 Å². The molecule has 0 radical (unpaired) electrons. The van der Waals surface area contributed by atoms with E-state index in [1.54, 1.807) is 12.7 Å². The van der Waals surface area contributed by atoms with E-state index in [2.05, 4.69) is 54.7 Å². The van der Waals surface area contributed by atoms with E-state index < -0.39 is 44.1 Å². The van der Waals surface area contributed by atoms with Crippen molar-refractivity contribution in [1.82, 2.24) is 30.3 Å². The van der Waals surface area contributed by atoms with Gasteiger partial charge in [0.25, 0.3) is 0 Å². The molecular weight excluding hydrogens is 697 g/mol. The highest BCUT2D eigenvalue weighted by molar-refractivity contribution is 6.74. The van der Waals surface area contributed by atoms with Gasteiger partial charge in [0, 0.05) is 25.0 Å². The molecule has 4 atom stereocenters. The van der Waals surface area contributed by atoms with Crippen LogP contribution in [0, 0.1) is 11.8 Å². The number of likely N-dealkylation sites (tertiary alicyclic amines) is 1. The van der Waals surface area contributed by atoms with E-state index in [0.29, 0.717) is 32.4 Å². The summed E-state index contributed by atoms with van der Waals surface area (Å²) in [6.45, 7) is 21.6. The summed E-state index contributed by atoms with van der Waals surface area (Å²) >= 11 is 0. The Morgan fingerprint density at radius 3 is 1.87 bits per heavy atom. The number of benzene rings is 2. The molecular formula is C42H64N6O5Si. The highest BCUT2D eigenvalue weighted by Gasteiger charge is 2.43. The van der Waals surface area contributed by atoms with Gasteiger partial charge < -0.3 is 29.3 Å². The van der Waals surface area contributed by atoms with Gasteiger partial charge in [0.15, 0.2) is 8.32 Å². The monoisotopic (exact) mass is 760 g/mol. The van der Waals surface area contributed by atoms with E-state index in [0.717, 1.165) is 24.0 Å². The van der Waals surface area contributed by atoms with Crippen molar-refractivity contribution in [2.75, 3.05) is 13.1 Å². The predicted molar refractivity (Wildman–Crippen MR) is 215 cm³/mol. The maximum absolute atomic E-state index is 14.7. The third kappa shape index (κ3) is 12.5. The summed E-state index contributed by atoms with van der Waals surface area (Å²) in [4.78, 5) is 44.1. The number of piperidine rings is 1. The fourth-order valence-corrected chi connectivity index (χ4v) is 8.05. The number of hydrogen-bond donors (Lipinski definition) is 2. The zero-order valence-electron chi connectivity index (χ0n) is 34.2. The first-order valence-corrected chi connectivity index (χ1v) is 22.4.